The largest absolute Gasteiger partial charge is 0.371 e. The summed E-state index contributed by atoms with van der Waals surface area (Å²) < 4.78 is 0. The molecule has 0 fully saturated rings. The number of hydrogen-bond donors (Lipinski definition) is 1. The minimum atomic E-state index is 0.0991. The van der Waals surface area contributed by atoms with Crippen LogP contribution in [0.25, 0.3) is 0 Å². The van der Waals surface area contributed by atoms with Crippen LogP contribution >= 0.6 is 0 Å². The molecule has 1 heterocycles. The third kappa shape index (κ3) is 3.61. The molecule has 3 rings (SSSR count). The molecule has 1 N–H and O–H groups in total. The molecule has 0 spiro atoms. The van der Waals surface area contributed by atoms with Crippen LogP contribution in [-0.4, -0.2) is 19.0 Å². The molecule has 24 heavy (non-hydrogen) atoms. The Morgan fingerprint density at radius 3 is 2.83 bits per heavy atom. The molecule has 2 aromatic carbocycles. The number of benzene rings is 2. The van der Waals surface area contributed by atoms with Gasteiger partial charge in [0.05, 0.1) is 0 Å². The van der Waals surface area contributed by atoms with E-state index in [-0.39, 0.29) is 5.91 Å². The summed E-state index contributed by atoms with van der Waals surface area (Å²) in [5, 5.41) is 3.13. The standard InChI is InChI=1S/C21H26N2O/c1-3-17-10-6-8-16(2)21(17)22-20(24)13-15-23-14-7-11-18-9-4-5-12-19(18)23/h4-6,8-10,12H,3,7,11,13-15H2,1-2H3,(H,22,24). The van der Waals surface area contributed by atoms with Crippen molar-refractivity contribution in [3.63, 3.8) is 0 Å². The summed E-state index contributed by atoms with van der Waals surface area (Å²) in [6, 6.07) is 14.7. The fraction of sp³-hybridized carbons (Fsp3) is 0.381. The van der Waals surface area contributed by atoms with Crippen LogP contribution in [0.4, 0.5) is 11.4 Å². The van der Waals surface area contributed by atoms with E-state index in [1.165, 1.54) is 16.8 Å². The average Bonchev–Trinajstić information content (AvgIpc) is 2.61. The second-order valence-corrected chi connectivity index (χ2v) is 6.48. The third-order valence-corrected chi connectivity index (χ3v) is 4.82. The summed E-state index contributed by atoms with van der Waals surface area (Å²) in [5.41, 5.74) is 6.01. The molecular weight excluding hydrogens is 296 g/mol. The fourth-order valence-corrected chi connectivity index (χ4v) is 3.48. The van der Waals surface area contributed by atoms with Crippen LogP contribution in [0.1, 0.15) is 36.5 Å². The topological polar surface area (TPSA) is 32.3 Å². The lowest BCUT2D eigenvalue weighted by Crippen LogP contribution is -2.32. The quantitative estimate of drug-likeness (QED) is 0.888. The van der Waals surface area contributed by atoms with Crippen LogP contribution in [0.15, 0.2) is 42.5 Å². The lowest BCUT2D eigenvalue weighted by Gasteiger charge is -2.31. The molecule has 0 aliphatic carbocycles. The molecular formula is C21H26N2O. The predicted octanol–water partition coefficient (Wildman–Crippen LogP) is 4.34. The molecule has 126 valence electrons. The van der Waals surface area contributed by atoms with Gasteiger partial charge in [-0.2, -0.15) is 0 Å². The summed E-state index contributed by atoms with van der Waals surface area (Å²) in [5.74, 6) is 0.0991. The number of nitrogens with one attached hydrogen (secondary N) is 1. The van der Waals surface area contributed by atoms with Crippen LogP contribution in [0.3, 0.4) is 0 Å². The first-order chi connectivity index (χ1) is 11.7. The Morgan fingerprint density at radius 2 is 2.00 bits per heavy atom. The molecule has 0 unspecified atom stereocenters. The second kappa shape index (κ2) is 7.52. The minimum absolute atomic E-state index is 0.0991. The SMILES string of the molecule is CCc1cccc(C)c1NC(=O)CCN1CCCc2ccccc21. The van der Waals surface area contributed by atoms with E-state index in [4.69, 9.17) is 0 Å². The number of carbonyl (C=O) groups excluding carboxylic acids is 1. The minimum Gasteiger partial charge on any atom is -0.371 e. The number of anilines is 2. The summed E-state index contributed by atoms with van der Waals surface area (Å²) in [6.07, 6.45) is 3.75. The van der Waals surface area contributed by atoms with Crippen LogP contribution in [0.5, 0.6) is 0 Å². The molecule has 0 atom stereocenters. The van der Waals surface area contributed by atoms with Crippen molar-refractivity contribution < 1.29 is 4.79 Å². The van der Waals surface area contributed by atoms with E-state index in [9.17, 15) is 4.79 Å². The van der Waals surface area contributed by atoms with Gasteiger partial charge in [-0.3, -0.25) is 4.79 Å². The zero-order valence-corrected chi connectivity index (χ0v) is 14.6. The van der Waals surface area contributed by atoms with E-state index >= 15 is 0 Å². The fourth-order valence-electron chi connectivity index (χ4n) is 3.48. The normalized spacial score (nSPS) is 13.5. The highest BCUT2D eigenvalue weighted by Crippen LogP contribution is 2.27. The van der Waals surface area contributed by atoms with Gasteiger partial charge in [0.1, 0.15) is 0 Å². The van der Waals surface area contributed by atoms with E-state index < -0.39 is 0 Å². The van der Waals surface area contributed by atoms with Crippen LogP contribution < -0.4 is 10.2 Å². The van der Waals surface area contributed by atoms with Crippen molar-refractivity contribution >= 4 is 17.3 Å². The summed E-state index contributed by atoms with van der Waals surface area (Å²) >= 11 is 0. The van der Waals surface area contributed by atoms with Crippen molar-refractivity contribution in [3.05, 3.63) is 59.2 Å². The number of rotatable bonds is 5. The molecule has 0 saturated carbocycles. The number of hydrogen-bond acceptors (Lipinski definition) is 2. The predicted molar refractivity (Wildman–Crippen MR) is 101 cm³/mol. The molecule has 2 aromatic rings. The monoisotopic (exact) mass is 322 g/mol. The van der Waals surface area contributed by atoms with Gasteiger partial charge in [0.25, 0.3) is 0 Å². The summed E-state index contributed by atoms with van der Waals surface area (Å²) in [6.45, 7) is 5.98. The maximum absolute atomic E-state index is 12.4. The van der Waals surface area contributed by atoms with Gasteiger partial charge in [-0.05, 0) is 48.9 Å². The van der Waals surface area contributed by atoms with Crippen LogP contribution in [0.2, 0.25) is 0 Å². The van der Waals surface area contributed by atoms with Gasteiger partial charge in [-0.1, -0.05) is 43.3 Å². The number of aryl methyl sites for hydroxylation is 3. The Bertz CT molecular complexity index is 724. The van der Waals surface area contributed by atoms with Crippen molar-refractivity contribution in [1.29, 1.82) is 0 Å². The van der Waals surface area contributed by atoms with Crippen molar-refractivity contribution in [2.45, 2.75) is 39.5 Å². The zero-order valence-electron chi connectivity index (χ0n) is 14.6. The molecule has 3 heteroatoms. The Hall–Kier alpha value is -2.29. The van der Waals surface area contributed by atoms with Gasteiger partial charge in [0, 0.05) is 30.9 Å². The molecule has 0 aromatic heterocycles. The number of amides is 1. The lowest BCUT2D eigenvalue weighted by molar-refractivity contribution is -0.116. The second-order valence-electron chi connectivity index (χ2n) is 6.48. The van der Waals surface area contributed by atoms with Crippen LogP contribution in [0, 0.1) is 6.92 Å². The summed E-state index contributed by atoms with van der Waals surface area (Å²) in [4.78, 5) is 14.8. The third-order valence-electron chi connectivity index (χ3n) is 4.82. The van der Waals surface area contributed by atoms with Crippen molar-refractivity contribution in [1.82, 2.24) is 0 Å². The highest BCUT2D eigenvalue weighted by Gasteiger charge is 2.17. The first-order valence-electron chi connectivity index (χ1n) is 8.90. The maximum atomic E-state index is 12.4. The van der Waals surface area contributed by atoms with Gasteiger partial charge in [-0.25, -0.2) is 0 Å². The van der Waals surface area contributed by atoms with Gasteiger partial charge in [0.2, 0.25) is 5.91 Å². The van der Waals surface area contributed by atoms with Gasteiger partial charge < -0.3 is 10.2 Å². The first kappa shape index (κ1) is 16.6. The van der Waals surface area contributed by atoms with Gasteiger partial charge >= 0.3 is 0 Å². The molecule has 0 bridgehead atoms. The van der Waals surface area contributed by atoms with Crippen LogP contribution in [-0.2, 0) is 17.6 Å². The Balaban J connectivity index is 1.63. The van der Waals surface area contributed by atoms with Gasteiger partial charge in [0.15, 0.2) is 0 Å². The van der Waals surface area contributed by atoms with E-state index in [2.05, 4.69) is 66.5 Å². The molecule has 3 nitrogen and oxygen atoms in total. The van der Waals surface area contributed by atoms with Crippen molar-refractivity contribution in [3.8, 4) is 0 Å². The number of carbonyl (C=O) groups is 1. The molecule has 0 saturated heterocycles. The number of fused-ring (bicyclic) bond motifs is 1. The lowest BCUT2D eigenvalue weighted by atomic mass is 10.0. The average molecular weight is 322 g/mol. The molecule has 1 amide bonds. The molecule has 1 aliphatic heterocycles. The zero-order chi connectivity index (χ0) is 16.9. The van der Waals surface area contributed by atoms with Crippen molar-refractivity contribution in [2.75, 3.05) is 23.3 Å². The first-order valence-corrected chi connectivity index (χ1v) is 8.90. The maximum Gasteiger partial charge on any atom is 0.226 e. The van der Waals surface area contributed by atoms with Gasteiger partial charge in [-0.15, -0.1) is 0 Å². The van der Waals surface area contributed by atoms with E-state index in [1.54, 1.807) is 0 Å². The van der Waals surface area contributed by atoms with E-state index in [1.807, 2.05) is 0 Å². The summed E-state index contributed by atoms with van der Waals surface area (Å²) in [7, 11) is 0. The number of nitrogens with zero attached hydrogens (tertiary/aromatic N) is 1. The molecule has 0 radical (unpaired) electrons. The highest BCUT2D eigenvalue weighted by atomic mass is 16.1. The molecule has 1 aliphatic rings. The smallest absolute Gasteiger partial charge is 0.226 e. The van der Waals surface area contributed by atoms with Crippen molar-refractivity contribution in [2.24, 2.45) is 0 Å². The number of para-hydroxylation sites is 2. The Kier molecular flexibility index (Phi) is 5.19. The Morgan fingerprint density at radius 1 is 1.17 bits per heavy atom. The Labute approximate surface area is 144 Å². The highest BCUT2D eigenvalue weighted by molar-refractivity contribution is 5.92. The van der Waals surface area contributed by atoms with E-state index in [0.717, 1.165) is 43.6 Å². The van der Waals surface area contributed by atoms with E-state index in [0.29, 0.717) is 6.42 Å².